The van der Waals surface area contributed by atoms with E-state index >= 15 is 0 Å². The standard InChI is InChI=1S/C28H56N10O7/c29-13-5-1-9-19(35-24(40)18(33)17-23(34)39)25(41)36-20(10-2-6-14-30)26(42)37-21(11-3-7-15-31)27(43)38-22(28(44)45)12-4-8-16-32/h18-22H,1-17,29-33H2,(H2,34,39)(H,35,40)(H,36,41)(H,37,42)(H,38,43)(H,44,45)/t18-,19-,20-,21-,22-/m0/s1. The number of carboxylic acid groups (broad SMARTS) is 1. The Balaban J connectivity index is 5.91. The van der Waals surface area contributed by atoms with Crippen LogP contribution >= 0.6 is 0 Å². The number of carbonyl (C=O) groups excluding carboxylic acids is 5. The van der Waals surface area contributed by atoms with Crippen molar-refractivity contribution in [3.63, 3.8) is 0 Å². The molecule has 0 bridgehead atoms. The fourth-order valence-corrected chi connectivity index (χ4v) is 4.44. The molecule has 5 atom stereocenters. The minimum Gasteiger partial charge on any atom is -0.480 e. The van der Waals surface area contributed by atoms with E-state index in [1.165, 1.54) is 0 Å². The molecule has 0 aromatic rings. The Hall–Kier alpha value is -3.38. The van der Waals surface area contributed by atoms with Gasteiger partial charge in [0.05, 0.1) is 12.5 Å². The highest BCUT2D eigenvalue weighted by Gasteiger charge is 2.31. The van der Waals surface area contributed by atoms with Crippen molar-refractivity contribution in [2.24, 2.45) is 34.4 Å². The van der Waals surface area contributed by atoms with Crippen LogP contribution in [0.4, 0.5) is 0 Å². The zero-order chi connectivity index (χ0) is 34.2. The van der Waals surface area contributed by atoms with Gasteiger partial charge < -0.3 is 60.8 Å². The van der Waals surface area contributed by atoms with Crippen LogP contribution in [0.5, 0.6) is 0 Å². The van der Waals surface area contributed by atoms with Gasteiger partial charge in [-0.1, -0.05) is 0 Å². The van der Waals surface area contributed by atoms with Crippen LogP contribution in [0.2, 0.25) is 0 Å². The quantitative estimate of drug-likeness (QED) is 0.0392. The molecule has 17 N–H and O–H groups in total. The Labute approximate surface area is 265 Å². The lowest BCUT2D eigenvalue weighted by Crippen LogP contribution is -2.58. The van der Waals surface area contributed by atoms with Crippen molar-refractivity contribution in [1.82, 2.24) is 21.3 Å². The minimum absolute atomic E-state index is 0.167. The van der Waals surface area contributed by atoms with Gasteiger partial charge in [0, 0.05) is 0 Å². The number of nitrogens with one attached hydrogen (secondary N) is 4. The first-order valence-corrected chi connectivity index (χ1v) is 15.7. The van der Waals surface area contributed by atoms with E-state index in [4.69, 9.17) is 34.4 Å². The minimum atomic E-state index is -1.27. The van der Waals surface area contributed by atoms with Gasteiger partial charge in [-0.3, -0.25) is 24.0 Å². The number of hydrogen-bond acceptors (Lipinski definition) is 11. The normalized spacial score (nSPS) is 14.3. The highest BCUT2D eigenvalue weighted by Crippen LogP contribution is 2.09. The van der Waals surface area contributed by atoms with Crippen molar-refractivity contribution >= 4 is 35.5 Å². The first-order chi connectivity index (χ1) is 21.4. The number of amides is 5. The van der Waals surface area contributed by atoms with Crippen LogP contribution in [0.25, 0.3) is 0 Å². The molecular formula is C28H56N10O7. The summed E-state index contributed by atoms with van der Waals surface area (Å²) in [5.74, 6) is -4.77. The number of carbonyl (C=O) groups is 6. The van der Waals surface area contributed by atoms with Crippen LogP contribution in [-0.2, 0) is 28.8 Å². The van der Waals surface area contributed by atoms with Gasteiger partial charge in [0.1, 0.15) is 24.2 Å². The predicted octanol–water partition coefficient (Wildman–Crippen LogP) is -3.27. The molecule has 0 aromatic heterocycles. The summed E-state index contributed by atoms with van der Waals surface area (Å²) >= 11 is 0. The maximum absolute atomic E-state index is 13.5. The Morgan fingerprint density at radius 3 is 1.07 bits per heavy atom. The second-order valence-corrected chi connectivity index (χ2v) is 11.0. The van der Waals surface area contributed by atoms with Gasteiger partial charge in [-0.05, 0) is 103 Å². The van der Waals surface area contributed by atoms with Crippen molar-refractivity contribution in [3.8, 4) is 0 Å². The van der Waals surface area contributed by atoms with E-state index in [0.717, 1.165) is 0 Å². The van der Waals surface area contributed by atoms with Crippen molar-refractivity contribution in [1.29, 1.82) is 0 Å². The summed E-state index contributed by atoms with van der Waals surface area (Å²) in [5.41, 5.74) is 33.2. The highest BCUT2D eigenvalue weighted by molar-refractivity contribution is 5.96. The molecule has 0 radical (unpaired) electrons. The van der Waals surface area contributed by atoms with E-state index < -0.39 is 72.1 Å². The number of aliphatic carboxylic acids is 1. The molecule has 0 saturated heterocycles. The predicted molar refractivity (Wildman–Crippen MR) is 169 cm³/mol. The Bertz CT molecular complexity index is 924. The maximum atomic E-state index is 13.5. The molecule has 0 fully saturated rings. The number of hydrogen-bond donors (Lipinski definition) is 11. The third-order valence-corrected chi connectivity index (χ3v) is 7.06. The van der Waals surface area contributed by atoms with E-state index in [0.29, 0.717) is 77.5 Å². The zero-order valence-electron chi connectivity index (χ0n) is 26.3. The van der Waals surface area contributed by atoms with Crippen LogP contribution in [0, 0.1) is 0 Å². The van der Waals surface area contributed by atoms with Gasteiger partial charge in [0.15, 0.2) is 0 Å². The molecule has 0 aromatic carbocycles. The zero-order valence-corrected chi connectivity index (χ0v) is 26.3. The van der Waals surface area contributed by atoms with Crippen LogP contribution in [0.15, 0.2) is 0 Å². The van der Waals surface area contributed by atoms with Crippen LogP contribution < -0.4 is 55.7 Å². The summed E-state index contributed by atoms with van der Waals surface area (Å²) in [7, 11) is 0. The maximum Gasteiger partial charge on any atom is 0.326 e. The molecule has 0 saturated carbocycles. The van der Waals surface area contributed by atoms with Gasteiger partial charge >= 0.3 is 5.97 Å². The molecule has 45 heavy (non-hydrogen) atoms. The first kappa shape index (κ1) is 41.6. The monoisotopic (exact) mass is 644 g/mol. The lowest BCUT2D eigenvalue weighted by molar-refractivity contribution is -0.142. The molecular weight excluding hydrogens is 588 g/mol. The number of unbranched alkanes of at least 4 members (excludes halogenated alkanes) is 4. The van der Waals surface area contributed by atoms with Gasteiger partial charge in [-0.15, -0.1) is 0 Å². The summed E-state index contributed by atoms with van der Waals surface area (Å²) in [4.78, 5) is 75.6. The third-order valence-electron chi connectivity index (χ3n) is 7.06. The van der Waals surface area contributed by atoms with E-state index in [1.54, 1.807) is 0 Å². The molecule has 0 rings (SSSR count). The van der Waals surface area contributed by atoms with Crippen molar-refractivity contribution < 1.29 is 33.9 Å². The first-order valence-electron chi connectivity index (χ1n) is 15.7. The second kappa shape index (κ2) is 24.9. The number of primary amides is 1. The molecule has 17 nitrogen and oxygen atoms in total. The topological polar surface area (TPSA) is 327 Å². The van der Waals surface area contributed by atoms with E-state index in [9.17, 15) is 33.9 Å². The lowest BCUT2D eigenvalue weighted by atomic mass is 10.0. The summed E-state index contributed by atoms with van der Waals surface area (Å²) < 4.78 is 0. The van der Waals surface area contributed by atoms with E-state index in [1.807, 2.05) is 0 Å². The van der Waals surface area contributed by atoms with Gasteiger partial charge in [-0.25, -0.2) is 4.79 Å². The lowest BCUT2D eigenvalue weighted by Gasteiger charge is -2.26. The third kappa shape index (κ3) is 18.9. The van der Waals surface area contributed by atoms with Crippen molar-refractivity contribution in [2.75, 3.05) is 26.2 Å². The van der Waals surface area contributed by atoms with Gasteiger partial charge in [0.2, 0.25) is 29.5 Å². The smallest absolute Gasteiger partial charge is 0.326 e. The molecule has 0 unspecified atom stereocenters. The van der Waals surface area contributed by atoms with E-state index in [2.05, 4.69) is 21.3 Å². The second-order valence-electron chi connectivity index (χ2n) is 11.0. The van der Waals surface area contributed by atoms with Crippen LogP contribution in [0.3, 0.4) is 0 Å². The number of carboxylic acids is 1. The molecule has 17 heteroatoms. The largest absolute Gasteiger partial charge is 0.480 e. The SMILES string of the molecule is NCCCC[C@H](NC(=O)[C@H](CCCCN)NC(=O)[C@H](CCCCN)NC(=O)[C@H](CCCCN)NC(=O)[C@@H](N)CC(N)=O)C(=O)O. The fourth-order valence-electron chi connectivity index (χ4n) is 4.44. The Morgan fingerprint density at radius 2 is 0.778 bits per heavy atom. The van der Waals surface area contributed by atoms with Crippen molar-refractivity contribution in [2.45, 2.75) is 114 Å². The van der Waals surface area contributed by atoms with E-state index in [-0.39, 0.29) is 25.7 Å². The van der Waals surface area contributed by atoms with Crippen LogP contribution in [0.1, 0.15) is 83.5 Å². The van der Waals surface area contributed by atoms with Gasteiger partial charge in [-0.2, -0.15) is 0 Å². The summed E-state index contributed by atoms with van der Waals surface area (Å²) in [6, 6.07) is -5.74. The molecule has 0 aliphatic heterocycles. The fraction of sp³-hybridized carbons (Fsp3) is 0.786. The number of rotatable bonds is 27. The average Bonchev–Trinajstić information content (AvgIpc) is 2.98. The Kier molecular flexibility index (Phi) is 23.0. The Morgan fingerprint density at radius 1 is 0.489 bits per heavy atom. The molecule has 5 amide bonds. The molecule has 260 valence electrons. The average molecular weight is 645 g/mol. The molecule has 0 spiro atoms. The van der Waals surface area contributed by atoms with Gasteiger partial charge in [0.25, 0.3) is 0 Å². The summed E-state index contributed by atoms with van der Waals surface area (Å²) in [6.45, 7) is 1.45. The summed E-state index contributed by atoms with van der Waals surface area (Å²) in [6.07, 6.45) is 4.47. The highest BCUT2D eigenvalue weighted by atomic mass is 16.4. The molecule has 0 heterocycles. The number of nitrogens with two attached hydrogens (primary N) is 6. The van der Waals surface area contributed by atoms with Crippen LogP contribution in [-0.4, -0.2) is 97.0 Å². The summed E-state index contributed by atoms with van der Waals surface area (Å²) in [5, 5.41) is 20.0. The van der Waals surface area contributed by atoms with Crippen molar-refractivity contribution in [3.05, 3.63) is 0 Å². The molecule has 0 aliphatic rings. The molecule has 0 aliphatic carbocycles.